The van der Waals surface area contributed by atoms with E-state index in [9.17, 15) is 29.1 Å². The number of rotatable bonds is 13. The quantitative estimate of drug-likeness (QED) is 0.165. The van der Waals surface area contributed by atoms with Crippen LogP contribution in [0.4, 0.5) is 0 Å². The number of carboxylic acids is 1. The van der Waals surface area contributed by atoms with Crippen molar-refractivity contribution in [2.24, 2.45) is 17.4 Å². The minimum absolute atomic E-state index is 0.0151. The van der Waals surface area contributed by atoms with Crippen LogP contribution in [0.1, 0.15) is 40.0 Å². The molecule has 0 aliphatic rings. The van der Waals surface area contributed by atoms with Crippen LogP contribution in [-0.4, -0.2) is 70.6 Å². The van der Waals surface area contributed by atoms with Crippen LogP contribution in [-0.2, 0) is 24.0 Å². The first-order valence-electron chi connectivity index (χ1n) is 9.17. The van der Waals surface area contributed by atoms with Gasteiger partial charge in [0.05, 0.1) is 6.10 Å². The number of hydrogen-bond acceptors (Lipinski definition) is 7. The van der Waals surface area contributed by atoms with E-state index in [4.69, 9.17) is 16.6 Å². The second-order valence-corrected chi connectivity index (χ2v) is 7.13. The highest BCUT2D eigenvalue weighted by atomic mass is 16.4. The van der Waals surface area contributed by atoms with Crippen molar-refractivity contribution in [3.8, 4) is 0 Å². The number of amides is 4. The summed E-state index contributed by atoms with van der Waals surface area (Å²) in [6.45, 7) is 4.28. The molecule has 0 aliphatic heterocycles. The molecule has 0 saturated heterocycles. The van der Waals surface area contributed by atoms with Gasteiger partial charge in [-0.25, -0.2) is 0 Å². The Balaban J connectivity index is 5.30. The van der Waals surface area contributed by atoms with Gasteiger partial charge in [0.25, 0.3) is 0 Å². The molecule has 0 aromatic rings. The third kappa shape index (κ3) is 11.0. The first-order chi connectivity index (χ1) is 13.3. The molecule has 29 heavy (non-hydrogen) atoms. The average Bonchev–Trinajstić information content (AvgIpc) is 2.60. The van der Waals surface area contributed by atoms with Crippen molar-refractivity contribution in [1.82, 2.24) is 16.0 Å². The summed E-state index contributed by atoms with van der Waals surface area (Å²) in [6, 6.07) is -3.54. The van der Waals surface area contributed by atoms with Gasteiger partial charge in [-0.05, 0) is 25.7 Å². The molecule has 0 spiro atoms. The molecule has 0 aromatic heterocycles. The van der Waals surface area contributed by atoms with Gasteiger partial charge in [-0.1, -0.05) is 13.8 Å². The lowest BCUT2D eigenvalue weighted by atomic mass is 10.0. The first-order valence-corrected chi connectivity index (χ1v) is 9.17. The van der Waals surface area contributed by atoms with Gasteiger partial charge in [-0.2, -0.15) is 0 Å². The summed E-state index contributed by atoms with van der Waals surface area (Å²) >= 11 is 0. The maximum Gasteiger partial charge on any atom is 0.322 e. The van der Waals surface area contributed by atoms with Crippen molar-refractivity contribution >= 4 is 29.6 Å². The molecule has 0 bridgehead atoms. The van der Waals surface area contributed by atoms with Crippen molar-refractivity contribution in [3.05, 3.63) is 0 Å². The molecule has 0 fully saturated rings. The summed E-state index contributed by atoms with van der Waals surface area (Å²) in [5.41, 5.74) is 10.6. The fourth-order valence-electron chi connectivity index (χ4n) is 2.30. The largest absolute Gasteiger partial charge is 0.480 e. The lowest BCUT2D eigenvalue weighted by Gasteiger charge is -2.25. The second-order valence-electron chi connectivity index (χ2n) is 7.13. The Labute approximate surface area is 168 Å². The lowest BCUT2D eigenvalue weighted by Crippen LogP contribution is -2.57. The van der Waals surface area contributed by atoms with Gasteiger partial charge in [-0.15, -0.1) is 0 Å². The van der Waals surface area contributed by atoms with Crippen LogP contribution in [0.5, 0.6) is 0 Å². The first kappa shape index (κ1) is 26.3. The molecule has 9 N–H and O–H groups in total. The van der Waals surface area contributed by atoms with Crippen LogP contribution in [0.2, 0.25) is 0 Å². The predicted molar refractivity (Wildman–Crippen MR) is 102 cm³/mol. The van der Waals surface area contributed by atoms with Crippen LogP contribution in [0, 0.1) is 5.92 Å². The highest BCUT2D eigenvalue weighted by Crippen LogP contribution is 2.07. The Morgan fingerprint density at radius 3 is 1.93 bits per heavy atom. The van der Waals surface area contributed by atoms with E-state index in [1.165, 1.54) is 6.92 Å². The standard InChI is InChI=1S/C17H31N5O7/c1-8(2)6-11(22-17(29)14(19)9(3)23)16(28)21-10(4-5-12(18)24)15(27)20-7-13(25)26/h8-11,14,23H,4-7,19H2,1-3H3,(H2,18,24)(H,20,27)(H,21,28)(H,22,29)(H,25,26). The summed E-state index contributed by atoms with van der Waals surface area (Å²) in [4.78, 5) is 58.6. The predicted octanol–water partition coefficient (Wildman–Crippen LogP) is -2.82. The Hall–Kier alpha value is -2.73. The Bertz CT molecular complexity index is 609. The highest BCUT2D eigenvalue weighted by molar-refractivity contribution is 5.94. The van der Waals surface area contributed by atoms with E-state index >= 15 is 0 Å². The molecule has 0 rings (SSSR count). The number of primary amides is 1. The second kappa shape index (κ2) is 12.7. The molecule has 4 unspecified atom stereocenters. The van der Waals surface area contributed by atoms with Crippen molar-refractivity contribution in [2.75, 3.05) is 6.54 Å². The van der Waals surface area contributed by atoms with Gasteiger partial charge >= 0.3 is 5.97 Å². The zero-order valence-corrected chi connectivity index (χ0v) is 16.8. The number of carbonyl (C=O) groups is 5. The molecule has 4 amide bonds. The topological polar surface area (TPSA) is 214 Å². The van der Waals surface area contributed by atoms with Crippen LogP contribution in [0.15, 0.2) is 0 Å². The number of nitrogens with two attached hydrogens (primary N) is 2. The normalized spacial score (nSPS) is 15.0. The fourth-order valence-corrected chi connectivity index (χ4v) is 2.30. The Kier molecular flexibility index (Phi) is 11.5. The Morgan fingerprint density at radius 2 is 1.48 bits per heavy atom. The van der Waals surface area contributed by atoms with Gasteiger partial charge in [0, 0.05) is 6.42 Å². The van der Waals surface area contributed by atoms with E-state index in [0.717, 1.165) is 0 Å². The SMILES string of the molecule is CC(C)CC(NC(=O)C(N)C(C)O)C(=O)NC(CCC(N)=O)C(=O)NCC(=O)O. The molecule has 0 radical (unpaired) electrons. The molecule has 12 nitrogen and oxygen atoms in total. The van der Waals surface area contributed by atoms with Crippen molar-refractivity contribution in [2.45, 2.75) is 64.3 Å². The molecular weight excluding hydrogens is 386 g/mol. The zero-order valence-electron chi connectivity index (χ0n) is 16.8. The maximum absolute atomic E-state index is 12.7. The van der Waals surface area contributed by atoms with Crippen molar-refractivity contribution in [3.63, 3.8) is 0 Å². The molecule has 0 saturated carbocycles. The molecule has 12 heteroatoms. The van der Waals surface area contributed by atoms with Gasteiger partial charge < -0.3 is 37.6 Å². The van der Waals surface area contributed by atoms with Crippen molar-refractivity contribution < 1.29 is 34.2 Å². The fraction of sp³-hybridized carbons (Fsp3) is 0.706. The van der Waals surface area contributed by atoms with E-state index in [0.29, 0.717) is 0 Å². The minimum Gasteiger partial charge on any atom is -0.480 e. The van der Waals surface area contributed by atoms with Gasteiger partial charge in [0.15, 0.2) is 0 Å². The summed E-state index contributed by atoms with van der Waals surface area (Å²) in [7, 11) is 0. The van der Waals surface area contributed by atoms with E-state index in [2.05, 4.69) is 16.0 Å². The summed E-state index contributed by atoms with van der Waals surface area (Å²) in [6.07, 6.45) is -1.30. The number of aliphatic hydroxyl groups excluding tert-OH is 1. The monoisotopic (exact) mass is 417 g/mol. The maximum atomic E-state index is 12.7. The molecule has 0 aromatic carbocycles. The molecule has 0 aliphatic carbocycles. The Morgan fingerprint density at radius 1 is 0.931 bits per heavy atom. The third-order valence-electron chi connectivity index (χ3n) is 3.89. The molecule has 4 atom stereocenters. The smallest absolute Gasteiger partial charge is 0.322 e. The lowest BCUT2D eigenvalue weighted by molar-refractivity contribution is -0.139. The third-order valence-corrected chi connectivity index (χ3v) is 3.89. The number of aliphatic carboxylic acids is 1. The molecule has 166 valence electrons. The number of hydrogen-bond donors (Lipinski definition) is 7. The summed E-state index contributed by atoms with van der Waals surface area (Å²) in [5, 5.41) is 25.1. The highest BCUT2D eigenvalue weighted by Gasteiger charge is 2.29. The molecular formula is C17H31N5O7. The average molecular weight is 417 g/mol. The number of carboxylic acid groups (broad SMARTS) is 1. The van der Waals surface area contributed by atoms with E-state index in [-0.39, 0.29) is 25.2 Å². The van der Waals surface area contributed by atoms with Gasteiger partial charge in [-0.3, -0.25) is 24.0 Å². The summed E-state index contributed by atoms with van der Waals surface area (Å²) in [5.74, 6) is -4.27. The van der Waals surface area contributed by atoms with Gasteiger partial charge in [0.2, 0.25) is 23.6 Å². The molecule has 0 heterocycles. The zero-order chi connectivity index (χ0) is 22.7. The number of nitrogens with one attached hydrogen (secondary N) is 3. The van der Waals surface area contributed by atoms with Gasteiger partial charge in [0.1, 0.15) is 24.7 Å². The van der Waals surface area contributed by atoms with E-state index in [1.807, 2.05) is 13.8 Å². The van der Waals surface area contributed by atoms with E-state index in [1.54, 1.807) is 0 Å². The van der Waals surface area contributed by atoms with E-state index < -0.39 is 60.4 Å². The van der Waals surface area contributed by atoms with Crippen LogP contribution >= 0.6 is 0 Å². The number of aliphatic hydroxyl groups is 1. The van der Waals surface area contributed by atoms with Crippen LogP contribution in [0.25, 0.3) is 0 Å². The van der Waals surface area contributed by atoms with Crippen LogP contribution < -0.4 is 27.4 Å². The number of carbonyl (C=O) groups excluding carboxylic acids is 4. The van der Waals surface area contributed by atoms with Crippen molar-refractivity contribution in [1.29, 1.82) is 0 Å². The van der Waals surface area contributed by atoms with Crippen LogP contribution in [0.3, 0.4) is 0 Å². The minimum atomic E-state index is -1.28. The summed E-state index contributed by atoms with van der Waals surface area (Å²) < 4.78 is 0.